The molecule has 0 spiro atoms. The standard InChI is InChI=1S/C21H30N4O3/c1-4-8-14(2)20-16(13-25(3)19(27)12-17(22)26)21(28)24-18(23-20)11-15-9-6-5-7-10-15/h5-7,9-10,14,21,28H,4,8,11-13H2,1-3H3,(H2,22,26)(H,23,24). The molecule has 4 N–H and O–H groups in total. The molecule has 0 radical (unpaired) electrons. The van der Waals surface area contributed by atoms with Gasteiger partial charge in [-0.3, -0.25) is 9.59 Å². The molecule has 1 aliphatic heterocycles. The summed E-state index contributed by atoms with van der Waals surface area (Å²) in [5.74, 6) is -0.174. The van der Waals surface area contributed by atoms with Gasteiger partial charge in [-0.05, 0) is 17.9 Å². The molecule has 0 saturated heterocycles. The normalized spacial score (nSPS) is 17.6. The largest absolute Gasteiger partial charge is 0.369 e. The third kappa shape index (κ3) is 5.92. The number of likely N-dealkylation sites (N-methyl/N-ethyl adjacent to an activating group) is 1. The van der Waals surface area contributed by atoms with E-state index in [1.165, 1.54) is 4.90 Å². The summed E-state index contributed by atoms with van der Waals surface area (Å²) in [5.41, 5.74) is 7.76. The van der Waals surface area contributed by atoms with E-state index in [2.05, 4.69) is 24.2 Å². The number of benzene rings is 1. The predicted octanol–water partition coefficient (Wildman–Crippen LogP) is 1.57. The molecular weight excluding hydrogens is 356 g/mol. The van der Waals surface area contributed by atoms with Crippen LogP contribution in [0.15, 0.2) is 46.6 Å². The van der Waals surface area contributed by atoms with Gasteiger partial charge in [0.1, 0.15) is 12.3 Å². The van der Waals surface area contributed by atoms with E-state index in [-0.39, 0.29) is 24.8 Å². The first-order valence-corrected chi connectivity index (χ1v) is 9.62. The van der Waals surface area contributed by atoms with E-state index < -0.39 is 12.1 Å². The molecule has 2 atom stereocenters. The van der Waals surface area contributed by atoms with Crippen LogP contribution in [0.5, 0.6) is 0 Å². The minimum Gasteiger partial charge on any atom is -0.369 e. The molecule has 1 aliphatic rings. The first kappa shape index (κ1) is 21.6. The Morgan fingerprint density at radius 2 is 2.00 bits per heavy atom. The number of nitrogens with one attached hydrogen (secondary N) is 1. The molecule has 0 bridgehead atoms. The molecule has 0 aliphatic carbocycles. The number of primary amides is 1. The SMILES string of the molecule is CCCC(C)C1=C(CN(C)C(=O)CC(N)=O)C(O)N=C(Cc2ccccc2)N1. The zero-order valence-electron chi connectivity index (χ0n) is 16.8. The van der Waals surface area contributed by atoms with Crippen molar-refractivity contribution in [1.82, 2.24) is 10.2 Å². The van der Waals surface area contributed by atoms with E-state index >= 15 is 0 Å². The number of aliphatic imine (C=N–C) groups is 1. The number of hydrogen-bond donors (Lipinski definition) is 3. The zero-order valence-corrected chi connectivity index (χ0v) is 16.8. The van der Waals surface area contributed by atoms with Gasteiger partial charge in [0.2, 0.25) is 11.8 Å². The maximum Gasteiger partial charge on any atom is 0.232 e. The lowest BCUT2D eigenvalue weighted by atomic mass is 9.95. The number of carbonyl (C=O) groups is 2. The van der Waals surface area contributed by atoms with Crippen LogP contribution in [0.2, 0.25) is 0 Å². The van der Waals surface area contributed by atoms with Crippen molar-refractivity contribution in [2.75, 3.05) is 13.6 Å². The van der Waals surface area contributed by atoms with E-state index in [0.717, 1.165) is 24.1 Å². The van der Waals surface area contributed by atoms with Gasteiger partial charge in [-0.1, -0.05) is 50.6 Å². The van der Waals surface area contributed by atoms with Gasteiger partial charge in [-0.15, -0.1) is 0 Å². The Bertz CT molecular complexity index is 758. The fourth-order valence-corrected chi connectivity index (χ4v) is 3.32. The van der Waals surface area contributed by atoms with E-state index in [1.54, 1.807) is 7.05 Å². The molecule has 1 heterocycles. The number of carbonyl (C=O) groups excluding carboxylic acids is 2. The molecule has 0 saturated carbocycles. The Morgan fingerprint density at radius 3 is 2.61 bits per heavy atom. The van der Waals surface area contributed by atoms with Crippen LogP contribution >= 0.6 is 0 Å². The summed E-state index contributed by atoms with van der Waals surface area (Å²) >= 11 is 0. The highest BCUT2D eigenvalue weighted by molar-refractivity contribution is 5.96. The summed E-state index contributed by atoms with van der Waals surface area (Å²) in [5, 5.41) is 14.1. The van der Waals surface area contributed by atoms with Gasteiger partial charge in [-0.2, -0.15) is 0 Å². The van der Waals surface area contributed by atoms with Crippen LogP contribution in [0, 0.1) is 5.92 Å². The first-order chi connectivity index (χ1) is 13.3. The Morgan fingerprint density at radius 1 is 1.32 bits per heavy atom. The second-order valence-electron chi connectivity index (χ2n) is 7.26. The number of nitrogens with two attached hydrogens (primary N) is 1. The lowest BCUT2D eigenvalue weighted by Crippen LogP contribution is -2.41. The number of aliphatic hydroxyl groups is 1. The van der Waals surface area contributed by atoms with Crippen molar-refractivity contribution in [3.63, 3.8) is 0 Å². The van der Waals surface area contributed by atoms with Gasteiger partial charge >= 0.3 is 0 Å². The molecule has 7 nitrogen and oxygen atoms in total. The summed E-state index contributed by atoms with van der Waals surface area (Å²) in [6.45, 7) is 4.39. The highest BCUT2D eigenvalue weighted by atomic mass is 16.3. The number of rotatable bonds is 9. The van der Waals surface area contributed by atoms with Crippen LogP contribution in [-0.2, 0) is 16.0 Å². The van der Waals surface area contributed by atoms with E-state index in [9.17, 15) is 14.7 Å². The van der Waals surface area contributed by atoms with Crippen LogP contribution in [0.25, 0.3) is 0 Å². The second-order valence-corrected chi connectivity index (χ2v) is 7.26. The topological polar surface area (TPSA) is 108 Å². The average molecular weight is 386 g/mol. The average Bonchev–Trinajstić information content (AvgIpc) is 2.64. The number of hydrogen-bond acceptors (Lipinski definition) is 5. The van der Waals surface area contributed by atoms with Crippen LogP contribution in [0.1, 0.15) is 38.7 Å². The Hall–Kier alpha value is -2.67. The smallest absolute Gasteiger partial charge is 0.232 e. The van der Waals surface area contributed by atoms with Gasteiger partial charge in [0.15, 0.2) is 6.23 Å². The van der Waals surface area contributed by atoms with E-state index in [1.807, 2.05) is 30.3 Å². The molecule has 7 heteroatoms. The fraction of sp³-hybridized carbons (Fsp3) is 0.476. The van der Waals surface area contributed by atoms with Crippen molar-refractivity contribution in [3.05, 3.63) is 47.2 Å². The molecule has 2 amide bonds. The summed E-state index contributed by atoms with van der Waals surface area (Å²) in [4.78, 5) is 28.9. The van der Waals surface area contributed by atoms with Crippen molar-refractivity contribution >= 4 is 17.6 Å². The van der Waals surface area contributed by atoms with E-state index in [4.69, 9.17) is 5.73 Å². The third-order valence-electron chi connectivity index (χ3n) is 4.80. The molecule has 0 fully saturated rings. The van der Waals surface area contributed by atoms with Crippen molar-refractivity contribution in [2.45, 2.75) is 45.8 Å². The highest BCUT2D eigenvalue weighted by Gasteiger charge is 2.27. The van der Waals surface area contributed by atoms with Crippen molar-refractivity contribution in [2.24, 2.45) is 16.6 Å². The number of amides is 2. The maximum absolute atomic E-state index is 12.1. The molecule has 0 aromatic heterocycles. The maximum atomic E-state index is 12.1. The third-order valence-corrected chi connectivity index (χ3v) is 4.80. The first-order valence-electron chi connectivity index (χ1n) is 9.62. The zero-order chi connectivity index (χ0) is 20.7. The molecule has 2 rings (SSSR count). The quantitative estimate of drug-likeness (QED) is 0.560. The minimum absolute atomic E-state index is 0.176. The number of nitrogens with zero attached hydrogens (tertiary/aromatic N) is 2. The Labute approximate surface area is 166 Å². The molecular formula is C21H30N4O3. The van der Waals surface area contributed by atoms with Gasteiger partial charge in [0.05, 0.1) is 0 Å². The lowest BCUT2D eigenvalue weighted by molar-refractivity contribution is -0.133. The van der Waals surface area contributed by atoms with Crippen molar-refractivity contribution in [1.29, 1.82) is 0 Å². The van der Waals surface area contributed by atoms with Crippen LogP contribution in [0.4, 0.5) is 0 Å². The molecule has 1 aromatic carbocycles. The fourth-order valence-electron chi connectivity index (χ4n) is 3.32. The number of amidine groups is 1. The monoisotopic (exact) mass is 386 g/mol. The van der Waals surface area contributed by atoms with Gasteiger partial charge in [-0.25, -0.2) is 4.99 Å². The van der Waals surface area contributed by atoms with Crippen LogP contribution in [-0.4, -0.2) is 47.5 Å². The van der Waals surface area contributed by atoms with Crippen molar-refractivity contribution < 1.29 is 14.7 Å². The Balaban J connectivity index is 2.22. The van der Waals surface area contributed by atoms with Crippen molar-refractivity contribution in [3.8, 4) is 0 Å². The summed E-state index contributed by atoms with van der Waals surface area (Å²) < 4.78 is 0. The van der Waals surface area contributed by atoms with E-state index in [0.29, 0.717) is 17.8 Å². The summed E-state index contributed by atoms with van der Waals surface area (Å²) in [7, 11) is 1.59. The minimum atomic E-state index is -1.03. The summed E-state index contributed by atoms with van der Waals surface area (Å²) in [6.07, 6.45) is 1.14. The summed E-state index contributed by atoms with van der Waals surface area (Å²) in [6, 6.07) is 9.93. The predicted molar refractivity (Wildman–Crippen MR) is 109 cm³/mol. The van der Waals surface area contributed by atoms with Gasteiger partial charge in [0, 0.05) is 31.3 Å². The molecule has 152 valence electrons. The second kappa shape index (κ2) is 10.0. The molecule has 28 heavy (non-hydrogen) atoms. The highest BCUT2D eigenvalue weighted by Crippen LogP contribution is 2.25. The number of allylic oxidation sites excluding steroid dienone is 1. The number of aliphatic hydroxyl groups excluding tert-OH is 1. The van der Waals surface area contributed by atoms with Gasteiger partial charge < -0.3 is 21.1 Å². The van der Waals surface area contributed by atoms with Crippen LogP contribution in [0.3, 0.4) is 0 Å². The molecule has 2 unspecified atom stereocenters. The lowest BCUT2D eigenvalue weighted by Gasteiger charge is -2.31. The van der Waals surface area contributed by atoms with Gasteiger partial charge in [0.25, 0.3) is 0 Å². The molecule has 1 aromatic rings. The van der Waals surface area contributed by atoms with Crippen LogP contribution < -0.4 is 11.1 Å². The Kier molecular flexibility index (Phi) is 7.75.